The highest BCUT2D eigenvalue weighted by atomic mass is 35.5. The number of nitrogens with zero attached hydrogens (tertiary/aromatic N) is 2. The van der Waals surface area contributed by atoms with Crippen LogP contribution in [0.4, 0.5) is 5.00 Å². The average molecular weight is 490 g/mol. The predicted molar refractivity (Wildman–Crippen MR) is 128 cm³/mol. The summed E-state index contributed by atoms with van der Waals surface area (Å²) in [6.45, 7) is 4.97. The Hall–Kier alpha value is -2.07. The Morgan fingerprint density at radius 3 is 2.59 bits per heavy atom. The van der Waals surface area contributed by atoms with Gasteiger partial charge in [-0.1, -0.05) is 43.1 Å². The number of nitriles is 1. The van der Waals surface area contributed by atoms with E-state index in [9.17, 15) is 14.9 Å². The molecule has 1 aliphatic heterocycles. The second-order valence-corrected chi connectivity index (χ2v) is 10.5. The average Bonchev–Trinajstić information content (AvgIpc) is 3.49. The van der Waals surface area contributed by atoms with Crippen molar-refractivity contribution in [3.63, 3.8) is 0 Å². The van der Waals surface area contributed by atoms with Crippen molar-refractivity contribution in [3.05, 3.63) is 49.8 Å². The first-order valence-electron chi connectivity index (χ1n) is 10.9. The van der Waals surface area contributed by atoms with Crippen molar-refractivity contribution in [3.8, 4) is 6.07 Å². The fraction of sp³-hybridized carbons (Fsp3) is 0.458. The third-order valence-corrected chi connectivity index (χ3v) is 8.34. The lowest BCUT2D eigenvalue weighted by Gasteiger charge is -2.31. The molecule has 1 N–H and O–H groups in total. The van der Waals surface area contributed by atoms with Crippen LogP contribution in [0.15, 0.2) is 18.2 Å². The fourth-order valence-corrected chi connectivity index (χ4v) is 6.37. The quantitative estimate of drug-likeness (QED) is 0.547. The molecule has 4 rings (SSSR count). The van der Waals surface area contributed by atoms with Gasteiger partial charge in [0, 0.05) is 27.4 Å². The Labute approximate surface area is 202 Å². The maximum atomic E-state index is 13.5. The highest BCUT2D eigenvalue weighted by Crippen LogP contribution is 2.52. The van der Waals surface area contributed by atoms with Crippen LogP contribution in [0, 0.1) is 17.2 Å². The first-order chi connectivity index (χ1) is 15.3. The molecule has 0 atom stereocenters. The van der Waals surface area contributed by atoms with E-state index in [1.165, 1.54) is 11.3 Å². The molecule has 2 aliphatic rings. The third kappa shape index (κ3) is 4.03. The number of rotatable bonds is 6. The summed E-state index contributed by atoms with van der Waals surface area (Å²) in [7, 11) is 0. The molecule has 5 nitrogen and oxygen atoms in total. The summed E-state index contributed by atoms with van der Waals surface area (Å²) in [5, 5.41) is 14.4. The third-order valence-electron chi connectivity index (χ3n) is 6.66. The zero-order valence-corrected chi connectivity index (χ0v) is 20.5. The number of benzene rings is 1. The lowest BCUT2D eigenvalue weighted by Crippen LogP contribution is -2.42. The van der Waals surface area contributed by atoms with Gasteiger partial charge < -0.3 is 10.2 Å². The monoisotopic (exact) mass is 489 g/mol. The van der Waals surface area contributed by atoms with Gasteiger partial charge >= 0.3 is 0 Å². The topological polar surface area (TPSA) is 73.2 Å². The van der Waals surface area contributed by atoms with Crippen LogP contribution in [0.1, 0.15) is 61.1 Å². The second-order valence-electron chi connectivity index (χ2n) is 8.51. The zero-order chi connectivity index (χ0) is 23.0. The Morgan fingerprint density at radius 2 is 2.00 bits per heavy atom. The van der Waals surface area contributed by atoms with Crippen LogP contribution in [-0.4, -0.2) is 23.3 Å². The minimum Gasteiger partial charge on any atom is -0.336 e. The summed E-state index contributed by atoms with van der Waals surface area (Å²) in [4.78, 5) is 29.0. The van der Waals surface area contributed by atoms with Gasteiger partial charge in [-0.3, -0.25) is 9.59 Å². The summed E-state index contributed by atoms with van der Waals surface area (Å²) >= 11 is 13.9. The largest absolute Gasteiger partial charge is 0.336 e. The summed E-state index contributed by atoms with van der Waals surface area (Å²) in [6.07, 6.45) is 3.65. The van der Waals surface area contributed by atoms with E-state index in [1.807, 2.05) is 24.8 Å². The molecule has 1 aromatic carbocycles. The van der Waals surface area contributed by atoms with Crippen LogP contribution in [0.25, 0.3) is 0 Å². The van der Waals surface area contributed by atoms with E-state index in [1.54, 1.807) is 12.1 Å². The highest BCUT2D eigenvalue weighted by molar-refractivity contribution is 7.16. The molecule has 2 amide bonds. The summed E-state index contributed by atoms with van der Waals surface area (Å²) in [5.41, 5.74) is 1.75. The summed E-state index contributed by atoms with van der Waals surface area (Å²) < 4.78 is 0. The minimum absolute atomic E-state index is 0.0488. The number of anilines is 1. The van der Waals surface area contributed by atoms with Crippen molar-refractivity contribution in [2.24, 2.45) is 5.92 Å². The Morgan fingerprint density at radius 1 is 1.28 bits per heavy atom. The van der Waals surface area contributed by atoms with Crippen LogP contribution in [-0.2, 0) is 28.0 Å². The second kappa shape index (κ2) is 9.05. The van der Waals surface area contributed by atoms with E-state index >= 15 is 0 Å². The molecule has 1 aliphatic carbocycles. The van der Waals surface area contributed by atoms with Crippen molar-refractivity contribution in [2.45, 2.75) is 57.9 Å². The number of fused-ring (bicyclic) bond motifs is 1. The number of carbonyl (C=O) groups excluding carboxylic acids is 2. The molecular weight excluding hydrogens is 465 g/mol. The SMILES string of the molecule is CCC(CC)C(=O)Nc1sc2c(c1C#N)CCN(C(=O)C1(c3ccc(Cl)cc3Cl)CC1)C2. The molecule has 32 heavy (non-hydrogen) atoms. The van der Waals surface area contributed by atoms with Crippen molar-refractivity contribution in [1.82, 2.24) is 4.90 Å². The van der Waals surface area contributed by atoms with E-state index < -0.39 is 5.41 Å². The highest BCUT2D eigenvalue weighted by Gasteiger charge is 2.54. The van der Waals surface area contributed by atoms with E-state index in [-0.39, 0.29) is 17.7 Å². The van der Waals surface area contributed by atoms with Gasteiger partial charge in [-0.05, 0) is 55.4 Å². The Balaban J connectivity index is 1.56. The van der Waals surface area contributed by atoms with Crippen molar-refractivity contribution >= 4 is 51.4 Å². The van der Waals surface area contributed by atoms with E-state index in [2.05, 4.69) is 11.4 Å². The first-order valence-corrected chi connectivity index (χ1v) is 12.5. The van der Waals surface area contributed by atoms with Crippen LogP contribution in [0.5, 0.6) is 0 Å². The van der Waals surface area contributed by atoms with E-state index in [0.29, 0.717) is 40.1 Å². The molecule has 0 spiro atoms. The maximum absolute atomic E-state index is 13.5. The number of hydrogen-bond donors (Lipinski definition) is 1. The molecule has 0 radical (unpaired) electrons. The molecular formula is C24H25Cl2N3O2S. The van der Waals surface area contributed by atoms with Gasteiger partial charge in [-0.2, -0.15) is 5.26 Å². The summed E-state index contributed by atoms with van der Waals surface area (Å²) in [5.74, 6) is -0.0492. The van der Waals surface area contributed by atoms with E-state index in [0.717, 1.165) is 41.7 Å². The number of amides is 2. The van der Waals surface area contributed by atoms with Gasteiger partial charge in [0.2, 0.25) is 11.8 Å². The Kier molecular flexibility index (Phi) is 6.53. The Bertz CT molecular complexity index is 1110. The van der Waals surface area contributed by atoms with Crippen LogP contribution in [0.2, 0.25) is 10.0 Å². The molecule has 2 aromatic rings. The first kappa shape index (κ1) is 23.1. The predicted octanol–water partition coefficient (Wildman–Crippen LogP) is 5.92. The lowest BCUT2D eigenvalue weighted by atomic mass is 9.93. The number of thiophene rings is 1. The molecule has 0 bridgehead atoms. The number of carbonyl (C=O) groups is 2. The standard InChI is InChI=1S/C24H25Cl2N3O2S/c1-3-14(4-2)21(30)28-22-17(12-27)16-7-10-29(13-20(16)32-22)23(31)24(8-9-24)18-6-5-15(25)11-19(18)26/h5-6,11,14H,3-4,7-10,13H2,1-2H3,(H,28,30). The number of hydrogen-bond acceptors (Lipinski definition) is 4. The molecule has 0 saturated heterocycles. The smallest absolute Gasteiger partial charge is 0.233 e. The molecule has 1 aromatic heterocycles. The van der Waals surface area contributed by atoms with Crippen molar-refractivity contribution in [2.75, 3.05) is 11.9 Å². The van der Waals surface area contributed by atoms with Gasteiger partial charge in [-0.25, -0.2) is 0 Å². The van der Waals surface area contributed by atoms with Gasteiger partial charge in [0.1, 0.15) is 11.1 Å². The van der Waals surface area contributed by atoms with Crippen LogP contribution in [0.3, 0.4) is 0 Å². The molecule has 1 fully saturated rings. The number of halogens is 2. The van der Waals surface area contributed by atoms with Crippen LogP contribution < -0.4 is 5.32 Å². The van der Waals surface area contributed by atoms with Gasteiger partial charge in [-0.15, -0.1) is 11.3 Å². The van der Waals surface area contributed by atoms with Gasteiger partial charge in [0.05, 0.1) is 17.5 Å². The maximum Gasteiger partial charge on any atom is 0.233 e. The van der Waals surface area contributed by atoms with Crippen molar-refractivity contribution < 1.29 is 9.59 Å². The van der Waals surface area contributed by atoms with E-state index in [4.69, 9.17) is 23.2 Å². The molecule has 0 unspecified atom stereocenters. The molecule has 1 saturated carbocycles. The van der Waals surface area contributed by atoms with Crippen LogP contribution >= 0.6 is 34.5 Å². The minimum atomic E-state index is -0.582. The molecule has 2 heterocycles. The molecule has 8 heteroatoms. The molecule has 168 valence electrons. The van der Waals surface area contributed by atoms with Gasteiger partial charge in [0.25, 0.3) is 0 Å². The fourth-order valence-electron chi connectivity index (χ4n) is 4.56. The normalized spacial score (nSPS) is 16.4. The van der Waals surface area contributed by atoms with Crippen molar-refractivity contribution in [1.29, 1.82) is 5.26 Å². The number of nitrogens with one attached hydrogen (secondary N) is 1. The lowest BCUT2D eigenvalue weighted by molar-refractivity contribution is -0.134. The van der Waals surface area contributed by atoms with Gasteiger partial charge in [0.15, 0.2) is 0 Å². The zero-order valence-electron chi connectivity index (χ0n) is 18.1. The summed E-state index contributed by atoms with van der Waals surface area (Å²) in [6, 6.07) is 7.59.